The Morgan fingerprint density at radius 2 is 1.96 bits per heavy atom. The first-order valence-corrected chi connectivity index (χ1v) is 7.02. The summed E-state index contributed by atoms with van der Waals surface area (Å²) in [6, 6.07) is 4.93. The maximum Gasteiger partial charge on any atom is 0.338 e. The summed E-state index contributed by atoms with van der Waals surface area (Å²) in [5.74, 6) is -1.47. The molecule has 7 nitrogen and oxygen atoms in total. The van der Waals surface area contributed by atoms with E-state index in [0.717, 1.165) is 5.56 Å². The molecule has 0 heterocycles. The molecule has 0 spiro atoms. The van der Waals surface area contributed by atoms with E-state index < -0.39 is 24.8 Å². The zero-order valence-electron chi connectivity index (χ0n) is 13.8. The number of benzene rings is 1. The molecule has 0 aromatic heterocycles. The van der Waals surface area contributed by atoms with Crippen LogP contribution in [0.2, 0.25) is 0 Å². The van der Waals surface area contributed by atoms with Crippen LogP contribution in [0.4, 0.5) is 0 Å². The number of hydrogen-bond donors (Lipinski definition) is 2. The number of ether oxygens (including phenoxy) is 3. The maximum absolute atomic E-state index is 11.9. The van der Waals surface area contributed by atoms with Gasteiger partial charge in [-0.05, 0) is 25.5 Å². The van der Waals surface area contributed by atoms with Gasteiger partial charge in [0.05, 0.1) is 24.7 Å². The lowest BCUT2D eigenvalue weighted by molar-refractivity contribution is -0.157. The minimum atomic E-state index is -1.53. The third-order valence-electron chi connectivity index (χ3n) is 2.84. The van der Waals surface area contributed by atoms with Crippen molar-refractivity contribution in [2.75, 3.05) is 27.4 Å². The van der Waals surface area contributed by atoms with Gasteiger partial charge < -0.3 is 24.4 Å². The Morgan fingerprint density at radius 1 is 1.35 bits per heavy atom. The predicted octanol–water partition coefficient (Wildman–Crippen LogP) is 1.00. The Labute approximate surface area is 135 Å². The van der Waals surface area contributed by atoms with Gasteiger partial charge in [-0.1, -0.05) is 17.7 Å². The second-order valence-electron chi connectivity index (χ2n) is 4.63. The van der Waals surface area contributed by atoms with Crippen molar-refractivity contribution in [2.24, 2.45) is 0 Å². The predicted molar refractivity (Wildman–Crippen MR) is 83.1 cm³/mol. The molecule has 0 saturated heterocycles. The minimum Gasteiger partial charge on any atom is -0.462 e. The van der Waals surface area contributed by atoms with E-state index in [1.54, 1.807) is 46.3 Å². The van der Waals surface area contributed by atoms with E-state index in [4.69, 9.17) is 4.74 Å². The fraction of sp³-hybridized carbons (Fsp3) is 0.500. The van der Waals surface area contributed by atoms with Gasteiger partial charge in [-0.2, -0.15) is 0 Å². The summed E-state index contributed by atoms with van der Waals surface area (Å²) >= 11 is 0. The lowest BCUT2D eigenvalue weighted by Gasteiger charge is -2.22. The molecule has 130 valence electrons. The van der Waals surface area contributed by atoms with Gasteiger partial charge in [0.1, 0.15) is 0 Å². The van der Waals surface area contributed by atoms with Gasteiger partial charge >= 0.3 is 5.97 Å². The number of aliphatic hydroxyl groups excluding tert-OH is 2. The molecular weight excluding hydrogens is 304 g/mol. The SMILES string of the molecule is CCOC(=O)c1cc(C)ccc1C(CO)C(O)OC=O.COC. The van der Waals surface area contributed by atoms with Crippen LogP contribution in [-0.4, -0.2) is 56.4 Å². The third kappa shape index (κ3) is 6.77. The van der Waals surface area contributed by atoms with Gasteiger partial charge in [0.25, 0.3) is 6.47 Å². The number of aliphatic hydroxyl groups is 2. The summed E-state index contributed by atoms with van der Waals surface area (Å²) < 4.78 is 13.6. The van der Waals surface area contributed by atoms with Crippen LogP contribution < -0.4 is 0 Å². The molecule has 1 aromatic carbocycles. The van der Waals surface area contributed by atoms with Gasteiger partial charge in [0.15, 0.2) is 0 Å². The summed E-state index contributed by atoms with van der Waals surface area (Å²) in [4.78, 5) is 22.2. The van der Waals surface area contributed by atoms with Crippen LogP contribution in [0.3, 0.4) is 0 Å². The van der Waals surface area contributed by atoms with E-state index in [0.29, 0.717) is 5.56 Å². The van der Waals surface area contributed by atoms with E-state index in [-0.39, 0.29) is 18.6 Å². The fourth-order valence-electron chi connectivity index (χ4n) is 1.87. The van der Waals surface area contributed by atoms with E-state index in [2.05, 4.69) is 9.47 Å². The molecule has 0 bridgehead atoms. The highest BCUT2D eigenvalue weighted by Crippen LogP contribution is 2.25. The Bertz CT molecular complexity index is 487. The van der Waals surface area contributed by atoms with Gasteiger partial charge in [0.2, 0.25) is 6.29 Å². The third-order valence-corrected chi connectivity index (χ3v) is 2.84. The molecule has 1 aromatic rings. The largest absolute Gasteiger partial charge is 0.462 e. The highest BCUT2D eigenvalue weighted by atomic mass is 16.6. The Balaban J connectivity index is 0.00000149. The highest BCUT2D eigenvalue weighted by Gasteiger charge is 2.27. The molecule has 2 unspecified atom stereocenters. The molecule has 0 fully saturated rings. The maximum atomic E-state index is 11.9. The van der Waals surface area contributed by atoms with Gasteiger partial charge in [0, 0.05) is 14.2 Å². The van der Waals surface area contributed by atoms with Crippen LogP contribution in [0.5, 0.6) is 0 Å². The number of esters is 1. The quantitative estimate of drug-likeness (QED) is 0.437. The van der Waals surface area contributed by atoms with Gasteiger partial charge in [-0.15, -0.1) is 0 Å². The average molecular weight is 328 g/mol. The van der Waals surface area contributed by atoms with Crippen LogP contribution >= 0.6 is 0 Å². The molecule has 0 aliphatic rings. The van der Waals surface area contributed by atoms with Gasteiger partial charge in [-0.25, -0.2) is 4.79 Å². The first-order chi connectivity index (χ1) is 11.0. The second-order valence-corrected chi connectivity index (χ2v) is 4.63. The number of carbonyl (C=O) groups excluding carboxylic acids is 2. The van der Waals surface area contributed by atoms with Crippen LogP contribution in [0.25, 0.3) is 0 Å². The van der Waals surface area contributed by atoms with Crippen LogP contribution in [-0.2, 0) is 19.0 Å². The van der Waals surface area contributed by atoms with Crippen molar-refractivity contribution in [1.29, 1.82) is 0 Å². The summed E-state index contributed by atoms with van der Waals surface area (Å²) in [7, 11) is 3.25. The molecule has 0 aliphatic heterocycles. The number of methoxy groups -OCH3 is 1. The number of carbonyl (C=O) groups is 2. The normalized spacial score (nSPS) is 12.4. The lowest BCUT2D eigenvalue weighted by atomic mass is 9.92. The van der Waals surface area contributed by atoms with Crippen LogP contribution in [0, 0.1) is 6.92 Å². The Morgan fingerprint density at radius 3 is 2.43 bits per heavy atom. The smallest absolute Gasteiger partial charge is 0.338 e. The molecule has 0 saturated carbocycles. The summed E-state index contributed by atoms with van der Waals surface area (Å²) in [6.07, 6.45) is -1.53. The molecular formula is C16H24O7. The van der Waals surface area contributed by atoms with Crippen molar-refractivity contribution >= 4 is 12.4 Å². The minimum absolute atomic E-state index is 0.0888. The molecule has 23 heavy (non-hydrogen) atoms. The van der Waals surface area contributed by atoms with Crippen LogP contribution in [0.1, 0.15) is 34.3 Å². The van der Waals surface area contributed by atoms with Crippen molar-refractivity contribution in [1.82, 2.24) is 0 Å². The monoisotopic (exact) mass is 328 g/mol. The Hall–Kier alpha value is -1.96. The van der Waals surface area contributed by atoms with E-state index in [9.17, 15) is 19.8 Å². The molecule has 0 radical (unpaired) electrons. The van der Waals surface area contributed by atoms with Crippen molar-refractivity contribution in [2.45, 2.75) is 26.1 Å². The molecule has 1 rings (SSSR count). The average Bonchev–Trinajstić information content (AvgIpc) is 2.50. The van der Waals surface area contributed by atoms with Gasteiger partial charge in [-0.3, -0.25) is 4.79 Å². The molecule has 2 N–H and O–H groups in total. The van der Waals surface area contributed by atoms with E-state index in [1.165, 1.54) is 0 Å². The topological polar surface area (TPSA) is 102 Å². The first kappa shape index (κ1) is 21.0. The highest BCUT2D eigenvalue weighted by molar-refractivity contribution is 5.91. The van der Waals surface area contributed by atoms with E-state index >= 15 is 0 Å². The standard InChI is InChI=1S/C14H18O6.C2H6O/c1-3-19-13(17)11-6-9(2)4-5-10(11)12(7-15)14(18)20-8-16;1-3-2/h4-6,8,12,14-15,18H,3,7H2,1-2H3;1-2H3. The number of hydrogen-bond acceptors (Lipinski definition) is 7. The lowest BCUT2D eigenvalue weighted by Crippen LogP contribution is -2.26. The fourth-order valence-corrected chi connectivity index (χ4v) is 1.87. The second kappa shape index (κ2) is 11.6. The summed E-state index contributed by atoms with van der Waals surface area (Å²) in [5, 5.41) is 19.1. The van der Waals surface area contributed by atoms with Crippen molar-refractivity contribution in [3.8, 4) is 0 Å². The van der Waals surface area contributed by atoms with Crippen molar-refractivity contribution in [3.05, 3.63) is 34.9 Å². The zero-order chi connectivity index (χ0) is 17.8. The Kier molecular flexibility index (Phi) is 10.6. The molecule has 2 atom stereocenters. The number of aryl methyl sites for hydroxylation is 1. The molecule has 7 heteroatoms. The zero-order valence-corrected chi connectivity index (χ0v) is 13.8. The number of rotatable bonds is 7. The van der Waals surface area contributed by atoms with Crippen LogP contribution in [0.15, 0.2) is 18.2 Å². The van der Waals surface area contributed by atoms with Crippen molar-refractivity contribution in [3.63, 3.8) is 0 Å². The summed E-state index contributed by atoms with van der Waals surface area (Å²) in [5.41, 5.74) is 1.43. The first-order valence-electron chi connectivity index (χ1n) is 7.02. The molecule has 0 amide bonds. The molecule has 0 aliphatic carbocycles. The van der Waals surface area contributed by atoms with E-state index in [1.807, 2.05) is 0 Å². The summed E-state index contributed by atoms with van der Waals surface area (Å²) in [6.45, 7) is 3.31. The van der Waals surface area contributed by atoms with Crippen molar-refractivity contribution < 1.29 is 34.0 Å².